The van der Waals surface area contributed by atoms with Crippen LogP contribution in [0.1, 0.15) is 26.7 Å². The number of piperidine rings is 1. The second-order valence-electron chi connectivity index (χ2n) is 4.84. The fraction of sp³-hybridized carbons (Fsp3) is 0.917. The summed E-state index contributed by atoms with van der Waals surface area (Å²) in [6.07, 6.45) is 2.30. The maximum Gasteiger partial charge on any atom is 0.236 e. The summed E-state index contributed by atoms with van der Waals surface area (Å²) in [7, 11) is 1.80. The standard InChI is InChI=1S/C12H24N2O2.ClH/c1-10(2)9-16-11-4-6-14(7-5-11)12(15)8-13-3;/h10-11,13H,4-9H2,1-3H3;1H. The van der Waals surface area contributed by atoms with Gasteiger partial charge in [0.2, 0.25) is 5.91 Å². The lowest BCUT2D eigenvalue weighted by Gasteiger charge is -2.32. The second-order valence-corrected chi connectivity index (χ2v) is 4.84. The Hall–Kier alpha value is -0.320. The van der Waals surface area contributed by atoms with Crippen molar-refractivity contribution in [2.45, 2.75) is 32.8 Å². The molecule has 0 aromatic heterocycles. The van der Waals surface area contributed by atoms with Gasteiger partial charge in [0.25, 0.3) is 0 Å². The van der Waals surface area contributed by atoms with E-state index in [9.17, 15) is 4.79 Å². The van der Waals surface area contributed by atoms with Crippen molar-refractivity contribution < 1.29 is 9.53 Å². The maximum absolute atomic E-state index is 11.6. The molecule has 1 fully saturated rings. The molecule has 1 aliphatic rings. The zero-order chi connectivity index (χ0) is 12.0. The Labute approximate surface area is 110 Å². The third-order valence-corrected chi connectivity index (χ3v) is 2.79. The van der Waals surface area contributed by atoms with Crippen molar-refractivity contribution in [2.24, 2.45) is 5.92 Å². The van der Waals surface area contributed by atoms with Gasteiger partial charge >= 0.3 is 0 Å². The predicted molar refractivity (Wildman–Crippen MR) is 71.6 cm³/mol. The van der Waals surface area contributed by atoms with E-state index in [4.69, 9.17) is 4.74 Å². The molecular weight excluding hydrogens is 240 g/mol. The summed E-state index contributed by atoms with van der Waals surface area (Å²) in [5, 5.41) is 2.89. The minimum atomic E-state index is 0. The molecule has 1 heterocycles. The Morgan fingerprint density at radius 2 is 2.00 bits per heavy atom. The zero-order valence-electron chi connectivity index (χ0n) is 11.1. The van der Waals surface area contributed by atoms with Crippen LogP contribution < -0.4 is 5.32 Å². The van der Waals surface area contributed by atoms with Crippen LogP contribution in [0.4, 0.5) is 0 Å². The lowest BCUT2D eigenvalue weighted by Crippen LogP contribution is -2.44. The molecule has 0 aromatic rings. The molecule has 4 nitrogen and oxygen atoms in total. The van der Waals surface area contributed by atoms with Crippen molar-refractivity contribution in [1.82, 2.24) is 10.2 Å². The molecule has 1 rings (SSSR count). The molecule has 102 valence electrons. The molecule has 0 spiro atoms. The highest BCUT2D eigenvalue weighted by atomic mass is 35.5. The van der Waals surface area contributed by atoms with Gasteiger partial charge in [-0.15, -0.1) is 12.4 Å². The van der Waals surface area contributed by atoms with Gasteiger partial charge in [-0.3, -0.25) is 4.79 Å². The second kappa shape index (κ2) is 8.72. The molecular formula is C12H25ClN2O2. The zero-order valence-corrected chi connectivity index (χ0v) is 11.9. The van der Waals surface area contributed by atoms with E-state index < -0.39 is 0 Å². The van der Waals surface area contributed by atoms with Gasteiger partial charge < -0.3 is 15.0 Å². The SMILES string of the molecule is CNCC(=O)N1CCC(OCC(C)C)CC1.Cl. The summed E-state index contributed by atoms with van der Waals surface area (Å²) in [6.45, 7) is 7.26. The molecule has 1 saturated heterocycles. The Bertz CT molecular complexity index is 217. The Balaban J connectivity index is 0.00000256. The van der Waals surface area contributed by atoms with Crippen LogP contribution in [0.5, 0.6) is 0 Å². The number of carbonyl (C=O) groups is 1. The average Bonchev–Trinajstić information content (AvgIpc) is 2.27. The number of hydrogen-bond donors (Lipinski definition) is 1. The Kier molecular flexibility index (Phi) is 8.56. The first-order valence-corrected chi connectivity index (χ1v) is 6.17. The summed E-state index contributed by atoms with van der Waals surface area (Å²) >= 11 is 0. The van der Waals surface area contributed by atoms with Crippen LogP contribution in [-0.2, 0) is 9.53 Å². The third kappa shape index (κ3) is 6.24. The van der Waals surface area contributed by atoms with E-state index in [0.29, 0.717) is 18.6 Å². The van der Waals surface area contributed by atoms with Crippen LogP contribution in [0.2, 0.25) is 0 Å². The number of hydrogen-bond acceptors (Lipinski definition) is 3. The van der Waals surface area contributed by atoms with Crippen LogP contribution in [0.25, 0.3) is 0 Å². The van der Waals surface area contributed by atoms with Crippen molar-refractivity contribution in [3.8, 4) is 0 Å². The lowest BCUT2D eigenvalue weighted by molar-refractivity contribution is -0.132. The normalized spacial score (nSPS) is 17.1. The molecule has 0 bridgehead atoms. The topological polar surface area (TPSA) is 41.6 Å². The van der Waals surface area contributed by atoms with Crippen molar-refractivity contribution >= 4 is 18.3 Å². The molecule has 17 heavy (non-hydrogen) atoms. The van der Waals surface area contributed by atoms with Gasteiger partial charge in [-0.2, -0.15) is 0 Å². The van der Waals surface area contributed by atoms with Crippen LogP contribution in [-0.4, -0.2) is 50.2 Å². The Morgan fingerprint density at radius 3 is 2.47 bits per heavy atom. The van der Waals surface area contributed by atoms with Crippen LogP contribution in [0, 0.1) is 5.92 Å². The lowest BCUT2D eigenvalue weighted by atomic mass is 10.1. The van der Waals surface area contributed by atoms with Gasteiger partial charge in [-0.05, 0) is 25.8 Å². The molecule has 0 unspecified atom stereocenters. The van der Waals surface area contributed by atoms with E-state index in [-0.39, 0.29) is 18.3 Å². The first-order chi connectivity index (χ1) is 7.63. The van der Waals surface area contributed by atoms with E-state index in [2.05, 4.69) is 19.2 Å². The smallest absolute Gasteiger partial charge is 0.236 e. The van der Waals surface area contributed by atoms with Gasteiger partial charge in [0.05, 0.1) is 12.6 Å². The van der Waals surface area contributed by atoms with Crippen molar-refractivity contribution in [1.29, 1.82) is 0 Å². The number of likely N-dealkylation sites (tertiary alicyclic amines) is 1. The third-order valence-electron chi connectivity index (χ3n) is 2.79. The molecule has 1 aliphatic heterocycles. The van der Waals surface area contributed by atoms with Gasteiger partial charge in [-0.1, -0.05) is 13.8 Å². The number of nitrogens with zero attached hydrogens (tertiary/aromatic N) is 1. The predicted octanol–water partition coefficient (Wildman–Crippen LogP) is 1.29. The van der Waals surface area contributed by atoms with Crippen molar-refractivity contribution in [3.63, 3.8) is 0 Å². The van der Waals surface area contributed by atoms with Gasteiger partial charge in [0, 0.05) is 19.7 Å². The summed E-state index contributed by atoms with van der Waals surface area (Å²) in [4.78, 5) is 13.5. The minimum Gasteiger partial charge on any atom is -0.378 e. The minimum absolute atomic E-state index is 0. The number of likely N-dealkylation sites (N-methyl/N-ethyl adjacent to an activating group) is 1. The highest BCUT2D eigenvalue weighted by Crippen LogP contribution is 2.14. The van der Waals surface area contributed by atoms with Crippen LogP contribution >= 0.6 is 12.4 Å². The number of amides is 1. The Morgan fingerprint density at radius 1 is 1.41 bits per heavy atom. The molecule has 0 saturated carbocycles. The van der Waals surface area contributed by atoms with E-state index >= 15 is 0 Å². The highest BCUT2D eigenvalue weighted by molar-refractivity contribution is 5.85. The number of nitrogens with one attached hydrogen (secondary N) is 1. The van der Waals surface area contributed by atoms with E-state index in [1.807, 2.05) is 4.90 Å². The molecule has 0 aliphatic carbocycles. The molecule has 0 aromatic carbocycles. The summed E-state index contributed by atoms with van der Waals surface area (Å²) < 4.78 is 5.78. The monoisotopic (exact) mass is 264 g/mol. The first-order valence-electron chi connectivity index (χ1n) is 6.17. The summed E-state index contributed by atoms with van der Waals surface area (Å²) in [5.41, 5.74) is 0. The molecule has 1 N–H and O–H groups in total. The highest BCUT2D eigenvalue weighted by Gasteiger charge is 2.22. The first kappa shape index (κ1) is 16.7. The average molecular weight is 265 g/mol. The van der Waals surface area contributed by atoms with Gasteiger partial charge in [0.1, 0.15) is 0 Å². The number of carbonyl (C=O) groups excluding carboxylic acids is 1. The van der Waals surface area contributed by atoms with Crippen LogP contribution in [0.3, 0.4) is 0 Å². The quantitative estimate of drug-likeness (QED) is 0.814. The molecule has 0 radical (unpaired) electrons. The fourth-order valence-electron chi connectivity index (χ4n) is 1.86. The van der Waals surface area contributed by atoms with Gasteiger partial charge in [0.15, 0.2) is 0 Å². The van der Waals surface area contributed by atoms with E-state index in [1.165, 1.54) is 0 Å². The van der Waals surface area contributed by atoms with E-state index in [1.54, 1.807) is 7.05 Å². The van der Waals surface area contributed by atoms with E-state index in [0.717, 1.165) is 32.5 Å². The maximum atomic E-state index is 11.6. The summed E-state index contributed by atoms with van der Waals surface area (Å²) in [6, 6.07) is 0. The van der Waals surface area contributed by atoms with Crippen LogP contribution in [0.15, 0.2) is 0 Å². The summed E-state index contributed by atoms with van der Waals surface area (Å²) in [5.74, 6) is 0.786. The number of rotatable bonds is 5. The molecule has 5 heteroatoms. The number of halogens is 1. The fourth-order valence-corrected chi connectivity index (χ4v) is 1.86. The number of ether oxygens (including phenoxy) is 1. The molecule has 1 amide bonds. The molecule has 0 atom stereocenters. The largest absolute Gasteiger partial charge is 0.378 e. The van der Waals surface area contributed by atoms with Crippen molar-refractivity contribution in [2.75, 3.05) is 33.3 Å². The van der Waals surface area contributed by atoms with Gasteiger partial charge in [-0.25, -0.2) is 0 Å². The van der Waals surface area contributed by atoms with Crippen molar-refractivity contribution in [3.05, 3.63) is 0 Å².